The van der Waals surface area contributed by atoms with Gasteiger partial charge in [-0.2, -0.15) is 0 Å². The minimum Gasteiger partial charge on any atom is -0.390 e. The topological polar surface area (TPSA) is 40.5 Å². The fraction of sp³-hybridized carbons (Fsp3) is 1.00. The van der Waals surface area contributed by atoms with E-state index in [2.05, 4.69) is 20.8 Å². The largest absolute Gasteiger partial charge is 0.390 e. The SMILES string of the molecule is CC1(C)[C@H]2CCCC[C@]2(C)C[C@H](O)[C@@H]1O. The Morgan fingerprint density at radius 3 is 2.40 bits per heavy atom. The lowest BCUT2D eigenvalue weighted by Gasteiger charge is -2.57. The maximum atomic E-state index is 10.1. The molecule has 2 heteroatoms. The molecule has 15 heavy (non-hydrogen) atoms. The quantitative estimate of drug-likeness (QED) is 0.647. The Kier molecular flexibility index (Phi) is 2.63. The van der Waals surface area contributed by atoms with Gasteiger partial charge < -0.3 is 10.2 Å². The zero-order valence-electron chi connectivity index (χ0n) is 10.2. The third-order valence-corrected chi connectivity index (χ3v) is 5.03. The third kappa shape index (κ3) is 1.62. The predicted octanol–water partition coefficient (Wildman–Crippen LogP) is 2.33. The molecule has 2 saturated carbocycles. The van der Waals surface area contributed by atoms with Crippen molar-refractivity contribution in [2.24, 2.45) is 16.7 Å². The van der Waals surface area contributed by atoms with Gasteiger partial charge in [-0.1, -0.05) is 33.6 Å². The zero-order chi connectivity index (χ0) is 11.3. The molecule has 88 valence electrons. The van der Waals surface area contributed by atoms with E-state index in [4.69, 9.17) is 0 Å². The summed E-state index contributed by atoms with van der Waals surface area (Å²) in [6.07, 6.45) is 4.70. The molecule has 0 bridgehead atoms. The lowest BCUT2D eigenvalue weighted by Crippen LogP contribution is -2.57. The molecular weight excluding hydrogens is 188 g/mol. The van der Waals surface area contributed by atoms with E-state index < -0.39 is 12.2 Å². The van der Waals surface area contributed by atoms with Gasteiger partial charge in [-0.25, -0.2) is 0 Å². The second kappa shape index (κ2) is 3.46. The average molecular weight is 212 g/mol. The van der Waals surface area contributed by atoms with E-state index in [9.17, 15) is 10.2 Å². The smallest absolute Gasteiger partial charge is 0.0852 e. The fourth-order valence-corrected chi connectivity index (χ4v) is 4.21. The summed E-state index contributed by atoms with van der Waals surface area (Å²) in [5.41, 5.74) is 0.118. The van der Waals surface area contributed by atoms with Crippen LogP contribution in [0.4, 0.5) is 0 Å². The second-order valence-electron chi connectivity index (χ2n) is 6.49. The molecule has 2 fully saturated rings. The predicted molar refractivity (Wildman–Crippen MR) is 60.5 cm³/mol. The molecule has 0 heterocycles. The van der Waals surface area contributed by atoms with Crippen LogP contribution in [0, 0.1) is 16.7 Å². The van der Waals surface area contributed by atoms with Gasteiger partial charge in [0.1, 0.15) is 0 Å². The van der Waals surface area contributed by atoms with Crippen LogP contribution < -0.4 is 0 Å². The van der Waals surface area contributed by atoms with Crippen molar-refractivity contribution in [3.05, 3.63) is 0 Å². The van der Waals surface area contributed by atoms with Crippen LogP contribution in [0.2, 0.25) is 0 Å². The maximum Gasteiger partial charge on any atom is 0.0852 e. The van der Waals surface area contributed by atoms with Gasteiger partial charge in [-0.15, -0.1) is 0 Å². The summed E-state index contributed by atoms with van der Waals surface area (Å²) in [6.45, 7) is 6.54. The first-order valence-corrected chi connectivity index (χ1v) is 6.24. The van der Waals surface area contributed by atoms with E-state index in [0.29, 0.717) is 5.92 Å². The van der Waals surface area contributed by atoms with Gasteiger partial charge >= 0.3 is 0 Å². The first kappa shape index (κ1) is 11.4. The highest BCUT2D eigenvalue weighted by molar-refractivity contribution is 5.04. The van der Waals surface area contributed by atoms with Gasteiger partial charge in [0, 0.05) is 0 Å². The van der Waals surface area contributed by atoms with E-state index >= 15 is 0 Å². The van der Waals surface area contributed by atoms with E-state index in [-0.39, 0.29) is 10.8 Å². The van der Waals surface area contributed by atoms with Gasteiger partial charge in [0.2, 0.25) is 0 Å². The van der Waals surface area contributed by atoms with E-state index in [1.54, 1.807) is 0 Å². The molecule has 0 aromatic heterocycles. The molecule has 2 rings (SSSR count). The van der Waals surface area contributed by atoms with Crippen molar-refractivity contribution in [3.63, 3.8) is 0 Å². The molecule has 0 aromatic rings. The van der Waals surface area contributed by atoms with Crippen LogP contribution in [0.25, 0.3) is 0 Å². The number of aliphatic hydroxyl groups excluding tert-OH is 2. The minimum atomic E-state index is -0.548. The van der Waals surface area contributed by atoms with Gasteiger partial charge in [0.25, 0.3) is 0 Å². The standard InChI is InChI=1S/C13H24O2/c1-12(2)10-6-4-5-7-13(10,3)8-9(14)11(12)15/h9-11,14-15H,4-8H2,1-3H3/t9-,10+,11-,13+/m0/s1. The molecule has 2 nitrogen and oxygen atoms in total. The molecule has 0 unspecified atom stereocenters. The third-order valence-electron chi connectivity index (χ3n) is 5.03. The summed E-state index contributed by atoms with van der Waals surface area (Å²) in [5.74, 6) is 0.567. The lowest BCUT2D eigenvalue weighted by atomic mass is 9.50. The average Bonchev–Trinajstić information content (AvgIpc) is 2.14. The molecule has 0 aromatic carbocycles. The van der Waals surface area contributed by atoms with Gasteiger partial charge in [0.05, 0.1) is 12.2 Å². The Morgan fingerprint density at radius 1 is 1.07 bits per heavy atom. The molecule has 0 radical (unpaired) electrons. The Bertz CT molecular complexity index is 244. The number of fused-ring (bicyclic) bond motifs is 1. The molecule has 0 spiro atoms. The maximum absolute atomic E-state index is 10.1. The molecule has 4 atom stereocenters. The number of aliphatic hydroxyl groups is 2. The fourth-order valence-electron chi connectivity index (χ4n) is 4.21. The summed E-state index contributed by atoms with van der Waals surface area (Å²) in [7, 11) is 0. The minimum absolute atomic E-state index is 0.132. The Balaban J connectivity index is 2.31. The molecule has 2 aliphatic rings. The zero-order valence-corrected chi connectivity index (χ0v) is 10.2. The van der Waals surface area contributed by atoms with E-state index in [1.807, 2.05) is 0 Å². The van der Waals surface area contributed by atoms with Gasteiger partial charge in [-0.3, -0.25) is 0 Å². The van der Waals surface area contributed by atoms with Crippen LogP contribution >= 0.6 is 0 Å². The van der Waals surface area contributed by atoms with Crippen molar-refractivity contribution in [2.75, 3.05) is 0 Å². The summed E-state index contributed by atoms with van der Waals surface area (Å²) >= 11 is 0. The van der Waals surface area contributed by atoms with Crippen molar-refractivity contribution in [3.8, 4) is 0 Å². The normalized spacial score (nSPS) is 49.8. The summed E-state index contributed by atoms with van der Waals surface area (Å²) < 4.78 is 0. The van der Waals surface area contributed by atoms with Crippen molar-refractivity contribution < 1.29 is 10.2 Å². The highest BCUT2D eigenvalue weighted by Crippen LogP contribution is 2.57. The molecular formula is C13H24O2. The monoisotopic (exact) mass is 212 g/mol. The Hall–Kier alpha value is -0.0800. The molecule has 2 N–H and O–H groups in total. The molecule has 0 saturated heterocycles. The highest BCUT2D eigenvalue weighted by Gasteiger charge is 2.54. The molecule has 0 amide bonds. The van der Waals surface area contributed by atoms with Crippen LogP contribution in [0.1, 0.15) is 52.9 Å². The van der Waals surface area contributed by atoms with Crippen LogP contribution in [0.5, 0.6) is 0 Å². The number of hydrogen-bond acceptors (Lipinski definition) is 2. The number of rotatable bonds is 0. The molecule has 2 aliphatic carbocycles. The summed E-state index contributed by atoms with van der Waals surface area (Å²) in [4.78, 5) is 0. The first-order chi connectivity index (χ1) is 6.88. The van der Waals surface area contributed by atoms with Crippen molar-refractivity contribution in [1.82, 2.24) is 0 Å². The highest BCUT2D eigenvalue weighted by atomic mass is 16.3. The molecule has 0 aliphatic heterocycles. The first-order valence-electron chi connectivity index (χ1n) is 6.24. The van der Waals surface area contributed by atoms with Crippen molar-refractivity contribution in [2.45, 2.75) is 65.1 Å². The summed E-state index contributed by atoms with van der Waals surface area (Å²) in [6, 6.07) is 0. The van der Waals surface area contributed by atoms with Gasteiger partial charge in [-0.05, 0) is 36.0 Å². The Morgan fingerprint density at radius 2 is 1.73 bits per heavy atom. The Labute approximate surface area is 92.7 Å². The second-order valence-corrected chi connectivity index (χ2v) is 6.49. The van der Waals surface area contributed by atoms with Gasteiger partial charge in [0.15, 0.2) is 0 Å². The van der Waals surface area contributed by atoms with Crippen LogP contribution in [0.3, 0.4) is 0 Å². The number of hydrogen-bond donors (Lipinski definition) is 2. The van der Waals surface area contributed by atoms with E-state index in [0.717, 1.165) is 6.42 Å². The van der Waals surface area contributed by atoms with Crippen LogP contribution in [-0.2, 0) is 0 Å². The van der Waals surface area contributed by atoms with Crippen LogP contribution in [0.15, 0.2) is 0 Å². The van der Waals surface area contributed by atoms with Crippen molar-refractivity contribution >= 4 is 0 Å². The summed E-state index contributed by atoms with van der Waals surface area (Å²) in [5, 5.41) is 20.1. The van der Waals surface area contributed by atoms with Crippen molar-refractivity contribution in [1.29, 1.82) is 0 Å². The van der Waals surface area contributed by atoms with E-state index in [1.165, 1.54) is 25.7 Å². The lowest BCUT2D eigenvalue weighted by molar-refractivity contribution is -0.171. The van der Waals surface area contributed by atoms with Crippen LogP contribution in [-0.4, -0.2) is 22.4 Å².